The molecule has 0 spiro atoms. The lowest BCUT2D eigenvalue weighted by Crippen LogP contribution is -2.57. The van der Waals surface area contributed by atoms with Crippen molar-refractivity contribution in [3.05, 3.63) is 82.9 Å². The number of Topliss-reactive ketones (excluding diaryl/α,β-unsaturated/α-hetero) is 1. The predicted octanol–water partition coefficient (Wildman–Crippen LogP) is 2.88. The summed E-state index contributed by atoms with van der Waals surface area (Å²) < 4.78 is 10.7. The molecular formula is C42H54N6O8S. The Morgan fingerprint density at radius 1 is 0.982 bits per heavy atom. The van der Waals surface area contributed by atoms with E-state index in [2.05, 4.69) is 20.9 Å². The van der Waals surface area contributed by atoms with Crippen LogP contribution in [0.4, 0.5) is 0 Å². The van der Waals surface area contributed by atoms with Crippen LogP contribution >= 0.6 is 11.3 Å². The number of likely N-dealkylation sites (tertiary alicyclic amines) is 1. The highest BCUT2D eigenvalue weighted by Gasteiger charge is 2.51. The van der Waals surface area contributed by atoms with Crippen molar-refractivity contribution in [1.29, 1.82) is 0 Å². The number of aromatic nitrogens is 1. The molecule has 1 aromatic heterocycles. The number of amides is 4. The van der Waals surface area contributed by atoms with Gasteiger partial charge in [0.1, 0.15) is 23.7 Å². The van der Waals surface area contributed by atoms with Gasteiger partial charge in [0.25, 0.3) is 5.19 Å². The SMILES string of the molecule is CC(C)C[C@H](NC(=O)[C@H](Cc1ccccc1)N1C(=O)[C@@H](NC(=O)[C@H](CCc2ccccc2)NC(=O)Cc2cnc(OC(=O)CN(C)C)s2)CC1C)C(=O)C1(C)CO1. The topological polar surface area (TPSA) is 180 Å². The van der Waals surface area contributed by atoms with Crippen LogP contribution in [0.5, 0.6) is 5.19 Å². The van der Waals surface area contributed by atoms with E-state index in [-0.39, 0.29) is 49.1 Å². The highest BCUT2D eigenvalue weighted by Crippen LogP contribution is 2.30. The number of nitrogens with one attached hydrogen (secondary N) is 3. The van der Waals surface area contributed by atoms with Crippen molar-refractivity contribution in [2.45, 2.75) is 102 Å². The first kappa shape index (κ1) is 43.1. The molecule has 2 unspecified atom stereocenters. The van der Waals surface area contributed by atoms with Crippen molar-refractivity contribution in [3.8, 4) is 5.19 Å². The zero-order valence-electron chi connectivity index (χ0n) is 33.5. The molecular weight excluding hydrogens is 749 g/mol. The molecule has 0 saturated carbocycles. The second kappa shape index (κ2) is 19.4. The van der Waals surface area contributed by atoms with E-state index in [9.17, 15) is 28.8 Å². The highest BCUT2D eigenvalue weighted by atomic mass is 32.1. The second-order valence-electron chi connectivity index (χ2n) is 15.8. The fourth-order valence-corrected chi connectivity index (χ4v) is 7.76. The third-order valence-electron chi connectivity index (χ3n) is 10.00. The van der Waals surface area contributed by atoms with Gasteiger partial charge >= 0.3 is 5.97 Å². The summed E-state index contributed by atoms with van der Waals surface area (Å²) in [6, 6.07) is 14.8. The van der Waals surface area contributed by atoms with Gasteiger partial charge in [-0.05, 0) is 70.7 Å². The number of carbonyl (C=O) groups is 6. The number of epoxide rings is 1. The first-order valence-electron chi connectivity index (χ1n) is 19.4. The van der Waals surface area contributed by atoms with Gasteiger partial charge in [0.15, 0.2) is 5.78 Å². The largest absolute Gasteiger partial charge is 0.397 e. The van der Waals surface area contributed by atoms with Gasteiger partial charge in [-0.3, -0.25) is 33.7 Å². The Balaban J connectivity index is 1.30. The maximum Gasteiger partial charge on any atom is 0.327 e. The standard InChI is InChI=1S/C42H54N6O8S/c1-26(2)19-32(37(51)42(4)25-55-42)45-39(53)34(21-29-15-11-8-12-16-29)48-27(3)20-33(40(48)54)46-38(52)31(18-17-28-13-9-7-10-14-28)44-35(49)22-30-23-43-41(57-30)56-36(50)24-47(5)6/h7-16,23,26-27,31-34H,17-22,24-25H2,1-6H3,(H,44,49)(H,45,53)(H,46,52)/t27?,31-,32-,33-,34-,42?/m0/s1. The van der Waals surface area contributed by atoms with Crippen molar-refractivity contribution in [3.63, 3.8) is 0 Å². The summed E-state index contributed by atoms with van der Waals surface area (Å²) in [6.45, 7) is 7.86. The molecule has 4 amide bonds. The van der Waals surface area contributed by atoms with Crippen LogP contribution in [0.25, 0.3) is 0 Å². The summed E-state index contributed by atoms with van der Waals surface area (Å²) in [4.78, 5) is 89.2. The van der Waals surface area contributed by atoms with Crippen LogP contribution in [-0.2, 0) is 52.8 Å². The molecule has 14 nitrogen and oxygen atoms in total. The summed E-state index contributed by atoms with van der Waals surface area (Å²) in [7, 11) is 3.48. The number of aryl methyl sites for hydroxylation is 1. The van der Waals surface area contributed by atoms with E-state index in [0.717, 1.165) is 22.5 Å². The smallest absolute Gasteiger partial charge is 0.327 e. The van der Waals surface area contributed by atoms with Crippen LogP contribution in [0, 0.1) is 5.92 Å². The lowest BCUT2D eigenvalue weighted by atomic mass is 9.92. The summed E-state index contributed by atoms with van der Waals surface area (Å²) in [5.74, 6) is -2.43. The summed E-state index contributed by atoms with van der Waals surface area (Å²) >= 11 is 1.06. The van der Waals surface area contributed by atoms with Gasteiger partial charge in [0.2, 0.25) is 23.6 Å². The molecule has 2 aliphatic rings. The van der Waals surface area contributed by atoms with Gasteiger partial charge in [-0.1, -0.05) is 85.8 Å². The number of ether oxygens (including phenoxy) is 2. The first-order valence-corrected chi connectivity index (χ1v) is 20.2. The first-order chi connectivity index (χ1) is 27.1. The van der Waals surface area contributed by atoms with Gasteiger partial charge in [0, 0.05) is 23.5 Å². The third kappa shape index (κ3) is 12.3. The molecule has 15 heteroatoms. The lowest BCUT2D eigenvalue weighted by Gasteiger charge is -2.33. The quantitative estimate of drug-likeness (QED) is 0.114. The van der Waals surface area contributed by atoms with Crippen molar-refractivity contribution >= 4 is 46.7 Å². The molecule has 2 aliphatic heterocycles. The molecule has 3 N–H and O–H groups in total. The molecule has 5 rings (SSSR count). The minimum atomic E-state index is -0.989. The Morgan fingerprint density at radius 3 is 2.25 bits per heavy atom. The molecule has 306 valence electrons. The van der Waals surface area contributed by atoms with Crippen LogP contribution in [0.1, 0.15) is 63.0 Å². The van der Waals surface area contributed by atoms with Crippen molar-refractivity contribution < 1.29 is 38.2 Å². The van der Waals surface area contributed by atoms with E-state index in [4.69, 9.17) is 9.47 Å². The van der Waals surface area contributed by atoms with E-state index < -0.39 is 65.4 Å². The van der Waals surface area contributed by atoms with Crippen molar-refractivity contribution in [2.75, 3.05) is 27.2 Å². The Kier molecular flexibility index (Phi) is 14.7. The van der Waals surface area contributed by atoms with E-state index in [1.165, 1.54) is 11.1 Å². The fraction of sp³-hybridized carbons (Fsp3) is 0.500. The molecule has 0 radical (unpaired) electrons. The minimum absolute atomic E-state index is 0.0731. The van der Waals surface area contributed by atoms with E-state index >= 15 is 0 Å². The summed E-state index contributed by atoms with van der Waals surface area (Å²) in [6.07, 6.45) is 2.93. The number of esters is 1. The fourth-order valence-electron chi connectivity index (χ4n) is 6.99. The number of thiazole rings is 1. The maximum absolute atomic E-state index is 14.3. The number of likely N-dealkylation sites (N-methyl/N-ethyl adjacent to an activating group) is 1. The number of carbonyl (C=O) groups excluding carboxylic acids is 6. The van der Waals surface area contributed by atoms with Gasteiger partial charge in [-0.25, -0.2) is 4.98 Å². The second-order valence-corrected chi connectivity index (χ2v) is 16.9. The summed E-state index contributed by atoms with van der Waals surface area (Å²) in [5.41, 5.74) is 0.863. The van der Waals surface area contributed by atoms with Gasteiger partial charge in [0.05, 0.1) is 25.6 Å². The van der Waals surface area contributed by atoms with Gasteiger partial charge in [-0.2, -0.15) is 0 Å². The Morgan fingerprint density at radius 2 is 1.63 bits per heavy atom. The zero-order chi connectivity index (χ0) is 41.3. The zero-order valence-corrected chi connectivity index (χ0v) is 34.3. The Labute approximate surface area is 338 Å². The maximum atomic E-state index is 14.3. The molecule has 0 bridgehead atoms. The monoisotopic (exact) mass is 802 g/mol. The average molecular weight is 803 g/mol. The lowest BCUT2D eigenvalue weighted by molar-refractivity contribution is -0.142. The minimum Gasteiger partial charge on any atom is -0.397 e. The van der Waals surface area contributed by atoms with Gasteiger partial charge < -0.3 is 30.3 Å². The normalized spacial score (nSPS) is 20.5. The summed E-state index contributed by atoms with van der Waals surface area (Å²) in [5, 5.41) is 8.82. The van der Waals surface area contributed by atoms with Gasteiger partial charge in [-0.15, -0.1) is 0 Å². The van der Waals surface area contributed by atoms with Crippen LogP contribution in [0.3, 0.4) is 0 Å². The van der Waals surface area contributed by atoms with E-state index in [0.29, 0.717) is 24.3 Å². The molecule has 57 heavy (non-hydrogen) atoms. The van der Waals surface area contributed by atoms with Crippen LogP contribution in [0.2, 0.25) is 0 Å². The number of hydrogen-bond donors (Lipinski definition) is 3. The molecule has 6 atom stereocenters. The number of benzene rings is 2. The molecule has 3 aromatic rings. The number of hydrogen-bond acceptors (Lipinski definition) is 11. The molecule has 2 aromatic carbocycles. The Hall–Kier alpha value is -4.99. The number of ketones is 1. The van der Waals surface area contributed by atoms with Crippen LogP contribution < -0.4 is 20.7 Å². The van der Waals surface area contributed by atoms with Crippen LogP contribution in [0.15, 0.2) is 66.9 Å². The Bertz CT molecular complexity index is 1880. The van der Waals surface area contributed by atoms with E-state index in [1.807, 2.05) is 81.4 Å². The van der Waals surface area contributed by atoms with Crippen molar-refractivity contribution in [2.24, 2.45) is 5.92 Å². The van der Waals surface area contributed by atoms with Crippen molar-refractivity contribution in [1.82, 2.24) is 30.7 Å². The highest BCUT2D eigenvalue weighted by molar-refractivity contribution is 7.13. The molecule has 0 aliphatic carbocycles. The molecule has 3 heterocycles. The predicted molar refractivity (Wildman–Crippen MR) is 214 cm³/mol. The average Bonchev–Trinajstić information content (AvgIpc) is 3.67. The van der Waals surface area contributed by atoms with E-state index in [1.54, 1.807) is 25.9 Å². The molecule has 2 saturated heterocycles. The third-order valence-corrected chi connectivity index (χ3v) is 10.9. The number of rotatable bonds is 20. The van der Waals surface area contributed by atoms with Crippen LogP contribution in [-0.4, -0.2) is 113 Å². The molecule has 2 fully saturated rings. The number of nitrogens with zero attached hydrogens (tertiary/aromatic N) is 3.